The number of rotatable bonds is 4. The Labute approximate surface area is 249 Å². The molecule has 1 aliphatic rings. The van der Waals surface area contributed by atoms with Gasteiger partial charge in [0, 0.05) is 22.6 Å². The standard InChI is InChI=1S/C40H24ClN/c41-37-23-29(42(27-12-3-1-4-13-27)28-14-5-2-6-15-28)19-21-32(37)34-24-36-31-17-8-7-16-30(31)35-22-26-11-9-10-25-18-20-33(34)40(38(25)26)39(35)36/h1-24H. The third-order valence-corrected chi connectivity index (χ3v) is 9.10. The van der Waals surface area contributed by atoms with E-state index in [4.69, 9.17) is 11.6 Å². The first-order chi connectivity index (χ1) is 20.8. The molecular formula is C40H24ClN. The molecule has 1 aliphatic carbocycles. The fraction of sp³-hybridized carbons (Fsp3) is 0. The number of hydrogen-bond donors (Lipinski definition) is 0. The topological polar surface area (TPSA) is 3.24 Å². The van der Waals surface area contributed by atoms with Crippen LogP contribution >= 0.6 is 11.6 Å². The van der Waals surface area contributed by atoms with Gasteiger partial charge >= 0.3 is 0 Å². The molecule has 0 heterocycles. The Balaban J connectivity index is 1.31. The third kappa shape index (κ3) is 3.32. The van der Waals surface area contributed by atoms with Crippen molar-refractivity contribution in [3.05, 3.63) is 151 Å². The second-order valence-electron chi connectivity index (χ2n) is 11.1. The molecule has 0 saturated carbocycles. The summed E-state index contributed by atoms with van der Waals surface area (Å²) < 4.78 is 0. The molecule has 0 atom stereocenters. The number of para-hydroxylation sites is 2. The first kappa shape index (κ1) is 23.6. The van der Waals surface area contributed by atoms with Crippen molar-refractivity contribution in [3.8, 4) is 33.4 Å². The minimum Gasteiger partial charge on any atom is -0.310 e. The third-order valence-electron chi connectivity index (χ3n) is 8.78. The van der Waals surface area contributed by atoms with Gasteiger partial charge in [0.15, 0.2) is 0 Å². The van der Waals surface area contributed by atoms with Gasteiger partial charge in [-0.15, -0.1) is 0 Å². The minimum atomic E-state index is 0.734. The summed E-state index contributed by atoms with van der Waals surface area (Å²) >= 11 is 7.25. The number of nitrogens with zero attached hydrogens (tertiary/aromatic N) is 1. The highest BCUT2D eigenvalue weighted by Crippen LogP contribution is 2.54. The van der Waals surface area contributed by atoms with Crippen LogP contribution in [0.4, 0.5) is 17.1 Å². The molecule has 9 rings (SSSR count). The molecule has 0 saturated heterocycles. The van der Waals surface area contributed by atoms with Crippen LogP contribution in [0.1, 0.15) is 0 Å². The highest BCUT2D eigenvalue weighted by atomic mass is 35.5. The van der Waals surface area contributed by atoms with Crippen LogP contribution in [0.2, 0.25) is 5.02 Å². The molecule has 0 radical (unpaired) electrons. The summed E-state index contributed by atoms with van der Waals surface area (Å²) in [5, 5.41) is 8.54. The van der Waals surface area contributed by atoms with Gasteiger partial charge in [0.25, 0.3) is 0 Å². The molecule has 0 unspecified atom stereocenters. The lowest BCUT2D eigenvalue weighted by atomic mass is 9.86. The quantitative estimate of drug-likeness (QED) is 0.196. The van der Waals surface area contributed by atoms with Gasteiger partial charge in [-0.25, -0.2) is 0 Å². The van der Waals surface area contributed by atoms with E-state index in [9.17, 15) is 0 Å². The van der Waals surface area contributed by atoms with Gasteiger partial charge in [0.2, 0.25) is 0 Å². The molecule has 2 heteroatoms. The van der Waals surface area contributed by atoms with Gasteiger partial charge in [-0.2, -0.15) is 0 Å². The van der Waals surface area contributed by atoms with Gasteiger partial charge in [-0.05, 0) is 109 Å². The monoisotopic (exact) mass is 553 g/mol. The average molecular weight is 554 g/mol. The van der Waals surface area contributed by atoms with Crippen molar-refractivity contribution in [1.29, 1.82) is 0 Å². The lowest BCUT2D eigenvalue weighted by molar-refractivity contribution is 1.28. The number of hydrogen-bond acceptors (Lipinski definition) is 1. The van der Waals surface area contributed by atoms with Crippen LogP contribution in [0.5, 0.6) is 0 Å². The molecule has 0 aliphatic heterocycles. The molecule has 0 bridgehead atoms. The van der Waals surface area contributed by atoms with Crippen molar-refractivity contribution in [2.75, 3.05) is 4.90 Å². The summed E-state index contributed by atoms with van der Waals surface area (Å²) in [5.41, 5.74) is 10.6. The van der Waals surface area contributed by atoms with Crippen LogP contribution in [-0.2, 0) is 0 Å². The smallest absolute Gasteiger partial charge is 0.0505 e. The molecule has 8 aromatic carbocycles. The zero-order valence-electron chi connectivity index (χ0n) is 22.7. The Morgan fingerprint density at radius 2 is 1.00 bits per heavy atom. The number of anilines is 3. The summed E-state index contributed by atoms with van der Waals surface area (Å²) in [5.74, 6) is 0. The first-order valence-corrected chi connectivity index (χ1v) is 14.7. The van der Waals surface area contributed by atoms with Crippen molar-refractivity contribution in [2.45, 2.75) is 0 Å². The van der Waals surface area contributed by atoms with E-state index < -0.39 is 0 Å². The summed E-state index contributed by atoms with van der Waals surface area (Å²) in [4.78, 5) is 2.25. The maximum absolute atomic E-state index is 7.25. The molecule has 1 nitrogen and oxygen atoms in total. The number of fused-ring (bicyclic) bond motifs is 3. The Morgan fingerprint density at radius 1 is 0.357 bits per heavy atom. The highest BCUT2D eigenvalue weighted by molar-refractivity contribution is 6.37. The lowest BCUT2D eigenvalue weighted by Crippen LogP contribution is -2.09. The Bertz CT molecular complexity index is 2260. The molecule has 0 spiro atoms. The van der Waals surface area contributed by atoms with Crippen molar-refractivity contribution < 1.29 is 0 Å². The Morgan fingerprint density at radius 3 is 1.69 bits per heavy atom. The summed E-state index contributed by atoms with van der Waals surface area (Å²) in [7, 11) is 0. The zero-order chi connectivity index (χ0) is 27.8. The van der Waals surface area contributed by atoms with Crippen LogP contribution < -0.4 is 4.90 Å². The molecule has 42 heavy (non-hydrogen) atoms. The van der Waals surface area contributed by atoms with E-state index in [-0.39, 0.29) is 0 Å². The van der Waals surface area contributed by atoms with E-state index in [2.05, 4.69) is 138 Å². The van der Waals surface area contributed by atoms with Crippen LogP contribution in [0.15, 0.2) is 146 Å². The van der Waals surface area contributed by atoms with Crippen LogP contribution in [0, 0.1) is 0 Å². The molecule has 0 amide bonds. The van der Waals surface area contributed by atoms with Crippen LogP contribution in [0.25, 0.3) is 65.7 Å². The number of benzene rings is 8. The van der Waals surface area contributed by atoms with Crippen LogP contribution in [0.3, 0.4) is 0 Å². The van der Waals surface area contributed by atoms with Crippen molar-refractivity contribution in [3.63, 3.8) is 0 Å². The van der Waals surface area contributed by atoms with E-state index in [1.54, 1.807) is 0 Å². The SMILES string of the molecule is Clc1cc(N(c2ccccc2)c2ccccc2)ccc1-c1cc2c3c(cc4cccc5ccc1c3c54)-c1ccccc1-2. The predicted molar refractivity (Wildman–Crippen MR) is 180 cm³/mol. The van der Waals surface area contributed by atoms with E-state index >= 15 is 0 Å². The number of halogens is 1. The second-order valence-corrected chi connectivity index (χ2v) is 11.5. The zero-order valence-corrected chi connectivity index (χ0v) is 23.4. The fourth-order valence-electron chi connectivity index (χ4n) is 7.01. The van der Waals surface area contributed by atoms with Crippen molar-refractivity contribution in [1.82, 2.24) is 0 Å². The predicted octanol–water partition coefficient (Wildman–Crippen LogP) is 12.0. The maximum Gasteiger partial charge on any atom is 0.0505 e. The second kappa shape index (κ2) is 8.94. The summed E-state index contributed by atoms with van der Waals surface area (Å²) in [6, 6.07) is 52.1. The van der Waals surface area contributed by atoms with Gasteiger partial charge in [-0.3, -0.25) is 0 Å². The van der Waals surface area contributed by atoms with Crippen molar-refractivity contribution >= 4 is 61.0 Å². The van der Waals surface area contributed by atoms with Gasteiger partial charge < -0.3 is 4.90 Å². The fourth-order valence-corrected chi connectivity index (χ4v) is 7.29. The van der Waals surface area contributed by atoms with Gasteiger partial charge in [0.05, 0.1) is 5.02 Å². The van der Waals surface area contributed by atoms with Crippen molar-refractivity contribution in [2.24, 2.45) is 0 Å². The van der Waals surface area contributed by atoms with E-state index in [1.165, 1.54) is 60.1 Å². The van der Waals surface area contributed by atoms with E-state index in [0.29, 0.717) is 0 Å². The Hall–Kier alpha value is -5.11. The Kier molecular flexibility index (Phi) is 5.02. The molecule has 196 valence electrons. The first-order valence-electron chi connectivity index (χ1n) is 14.3. The van der Waals surface area contributed by atoms with Gasteiger partial charge in [0.1, 0.15) is 0 Å². The van der Waals surface area contributed by atoms with Crippen LogP contribution in [-0.4, -0.2) is 0 Å². The lowest BCUT2D eigenvalue weighted by Gasteiger charge is -2.26. The van der Waals surface area contributed by atoms with Gasteiger partial charge in [-0.1, -0.05) is 109 Å². The molecule has 8 aromatic rings. The minimum absolute atomic E-state index is 0.734. The maximum atomic E-state index is 7.25. The normalized spacial score (nSPS) is 11.9. The highest BCUT2D eigenvalue weighted by Gasteiger charge is 2.26. The molecular weight excluding hydrogens is 530 g/mol. The van der Waals surface area contributed by atoms with E-state index in [0.717, 1.165) is 27.6 Å². The molecule has 0 aromatic heterocycles. The summed E-state index contributed by atoms with van der Waals surface area (Å²) in [6.07, 6.45) is 0. The largest absolute Gasteiger partial charge is 0.310 e. The molecule has 0 N–H and O–H groups in total. The molecule has 0 fully saturated rings. The average Bonchev–Trinajstić information content (AvgIpc) is 3.36. The van der Waals surface area contributed by atoms with E-state index in [1.807, 2.05) is 12.1 Å². The summed E-state index contributed by atoms with van der Waals surface area (Å²) in [6.45, 7) is 0.